The molecule has 4 heteroatoms. The molecule has 2 aromatic rings. The van der Waals surface area contributed by atoms with E-state index in [0.717, 1.165) is 17.0 Å². The van der Waals surface area contributed by atoms with Crippen LogP contribution in [0.4, 0.5) is 4.39 Å². The number of rotatable bonds is 2. The third-order valence-corrected chi connectivity index (χ3v) is 3.28. The first-order chi connectivity index (χ1) is 8.41. The molecule has 0 saturated carbocycles. The second-order valence-electron chi connectivity index (χ2n) is 4.64. The van der Waals surface area contributed by atoms with Crippen molar-refractivity contribution in [1.82, 2.24) is 9.78 Å². The summed E-state index contributed by atoms with van der Waals surface area (Å²) in [5, 5.41) is 14.6. The average molecular weight is 248 g/mol. The number of benzene rings is 1. The lowest BCUT2D eigenvalue weighted by Crippen LogP contribution is -2.06. The van der Waals surface area contributed by atoms with Crippen molar-refractivity contribution in [2.24, 2.45) is 7.05 Å². The van der Waals surface area contributed by atoms with Crippen LogP contribution in [0.1, 0.15) is 34.2 Å². The summed E-state index contributed by atoms with van der Waals surface area (Å²) in [6, 6.07) is 4.75. The summed E-state index contributed by atoms with van der Waals surface area (Å²) < 4.78 is 15.5. The molecule has 1 heterocycles. The van der Waals surface area contributed by atoms with Crippen LogP contribution in [-0.2, 0) is 7.05 Å². The third-order valence-electron chi connectivity index (χ3n) is 3.28. The third kappa shape index (κ3) is 2.04. The minimum absolute atomic E-state index is 0.300. The van der Waals surface area contributed by atoms with Gasteiger partial charge in [0.25, 0.3) is 0 Å². The largest absolute Gasteiger partial charge is 0.383 e. The maximum atomic E-state index is 13.8. The van der Waals surface area contributed by atoms with Gasteiger partial charge in [-0.2, -0.15) is 5.10 Å². The van der Waals surface area contributed by atoms with E-state index in [9.17, 15) is 9.50 Å². The van der Waals surface area contributed by atoms with E-state index in [1.165, 1.54) is 6.07 Å². The summed E-state index contributed by atoms with van der Waals surface area (Å²) in [7, 11) is 1.81. The number of aliphatic hydroxyl groups excluding tert-OH is 1. The molecule has 0 saturated heterocycles. The highest BCUT2D eigenvalue weighted by Gasteiger charge is 2.22. The van der Waals surface area contributed by atoms with Crippen LogP contribution in [0.25, 0.3) is 0 Å². The van der Waals surface area contributed by atoms with Crippen molar-refractivity contribution >= 4 is 0 Å². The van der Waals surface area contributed by atoms with Crippen LogP contribution < -0.4 is 0 Å². The summed E-state index contributed by atoms with van der Waals surface area (Å²) in [6.07, 6.45) is -0.974. The number of nitrogens with zero attached hydrogens (tertiary/aromatic N) is 2. The Bertz CT molecular complexity index is 590. The summed E-state index contributed by atoms with van der Waals surface area (Å²) >= 11 is 0. The SMILES string of the molecule is Cc1ccc(F)c(C(O)c2c(C)nn(C)c2C)c1. The highest BCUT2D eigenvalue weighted by Crippen LogP contribution is 2.29. The Morgan fingerprint density at radius 1 is 1.28 bits per heavy atom. The molecule has 0 bridgehead atoms. The highest BCUT2D eigenvalue weighted by atomic mass is 19.1. The van der Waals surface area contributed by atoms with E-state index in [4.69, 9.17) is 0 Å². The second-order valence-corrected chi connectivity index (χ2v) is 4.64. The Hall–Kier alpha value is -1.68. The Balaban J connectivity index is 2.54. The van der Waals surface area contributed by atoms with Crippen molar-refractivity contribution in [2.75, 3.05) is 0 Å². The van der Waals surface area contributed by atoms with Crippen LogP contribution in [-0.4, -0.2) is 14.9 Å². The molecule has 96 valence electrons. The maximum absolute atomic E-state index is 13.8. The van der Waals surface area contributed by atoms with Crippen molar-refractivity contribution in [1.29, 1.82) is 0 Å². The Morgan fingerprint density at radius 3 is 2.50 bits per heavy atom. The number of halogens is 1. The van der Waals surface area contributed by atoms with Crippen LogP contribution in [0, 0.1) is 26.6 Å². The highest BCUT2D eigenvalue weighted by molar-refractivity contribution is 5.37. The zero-order valence-electron chi connectivity index (χ0n) is 11.0. The van der Waals surface area contributed by atoms with E-state index >= 15 is 0 Å². The minimum Gasteiger partial charge on any atom is -0.383 e. The lowest BCUT2D eigenvalue weighted by molar-refractivity contribution is 0.213. The van der Waals surface area contributed by atoms with Gasteiger partial charge in [0.1, 0.15) is 11.9 Å². The van der Waals surface area contributed by atoms with Gasteiger partial charge in [0.15, 0.2) is 0 Å². The number of hydrogen-bond acceptors (Lipinski definition) is 2. The molecule has 1 N–H and O–H groups in total. The maximum Gasteiger partial charge on any atom is 0.129 e. The smallest absolute Gasteiger partial charge is 0.129 e. The van der Waals surface area contributed by atoms with Crippen molar-refractivity contribution in [2.45, 2.75) is 26.9 Å². The van der Waals surface area contributed by atoms with Gasteiger partial charge < -0.3 is 5.11 Å². The van der Waals surface area contributed by atoms with Crippen LogP contribution >= 0.6 is 0 Å². The number of hydrogen-bond donors (Lipinski definition) is 1. The molecular weight excluding hydrogens is 231 g/mol. The van der Waals surface area contributed by atoms with E-state index in [1.807, 2.05) is 27.8 Å². The monoisotopic (exact) mass is 248 g/mol. The normalized spacial score (nSPS) is 12.8. The average Bonchev–Trinajstić information content (AvgIpc) is 2.56. The fourth-order valence-corrected chi connectivity index (χ4v) is 2.21. The van der Waals surface area contributed by atoms with Crippen LogP contribution in [0.15, 0.2) is 18.2 Å². The molecule has 0 spiro atoms. The molecule has 3 nitrogen and oxygen atoms in total. The molecular formula is C14H17FN2O. The van der Waals surface area contributed by atoms with Crippen molar-refractivity contribution < 1.29 is 9.50 Å². The van der Waals surface area contributed by atoms with Crippen molar-refractivity contribution in [3.8, 4) is 0 Å². The first kappa shape index (κ1) is 12.8. The standard InChI is InChI=1S/C14H17FN2O/c1-8-5-6-12(15)11(7-8)14(18)13-9(2)16-17(4)10(13)3/h5-7,14,18H,1-4H3. The van der Waals surface area contributed by atoms with Gasteiger partial charge in [-0.25, -0.2) is 4.39 Å². The predicted molar refractivity (Wildman–Crippen MR) is 67.9 cm³/mol. The predicted octanol–water partition coefficient (Wildman–Crippen LogP) is 2.57. The number of aliphatic hydroxyl groups is 1. The van der Waals surface area contributed by atoms with Gasteiger partial charge in [-0.3, -0.25) is 4.68 Å². The first-order valence-electron chi connectivity index (χ1n) is 5.86. The number of aromatic nitrogens is 2. The van der Waals surface area contributed by atoms with Crippen LogP contribution in [0.5, 0.6) is 0 Å². The summed E-state index contributed by atoms with van der Waals surface area (Å²) in [6.45, 7) is 5.56. The molecule has 0 fully saturated rings. The van der Waals surface area contributed by atoms with Crippen molar-refractivity contribution in [3.05, 3.63) is 52.1 Å². The molecule has 0 radical (unpaired) electrons. The van der Waals surface area contributed by atoms with Gasteiger partial charge in [-0.05, 0) is 26.8 Å². The molecule has 1 atom stereocenters. The van der Waals surface area contributed by atoms with Crippen LogP contribution in [0.2, 0.25) is 0 Å². The lowest BCUT2D eigenvalue weighted by Gasteiger charge is -2.13. The summed E-state index contributed by atoms with van der Waals surface area (Å²) in [4.78, 5) is 0. The van der Waals surface area contributed by atoms with Gasteiger partial charge in [0.2, 0.25) is 0 Å². The molecule has 0 aliphatic heterocycles. The topological polar surface area (TPSA) is 38.1 Å². The first-order valence-corrected chi connectivity index (χ1v) is 5.86. The molecule has 1 aromatic heterocycles. The molecule has 0 amide bonds. The molecule has 0 aliphatic carbocycles. The Labute approximate surface area is 106 Å². The van der Waals surface area contributed by atoms with E-state index in [-0.39, 0.29) is 0 Å². The Morgan fingerprint density at radius 2 is 1.94 bits per heavy atom. The summed E-state index contributed by atoms with van der Waals surface area (Å²) in [5.74, 6) is -0.393. The lowest BCUT2D eigenvalue weighted by atomic mass is 9.98. The molecule has 0 aliphatic rings. The molecule has 1 unspecified atom stereocenters. The minimum atomic E-state index is -0.974. The molecule has 18 heavy (non-hydrogen) atoms. The zero-order chi connectivity index (χ0) is 13.4. The molecule has 1 aromatic carbocycles. The van der Waals surface area contributed by atoms with E-state index in [1.54, 1.807) is 16.8 Å². The van der Waals surface area contributed by atoms with Crippen LogP contribution in [0.3, 0.4) is 0 Å². The summed E-state index contributed by atoms with van der Waals surface area (Å²) in [5.41, 5.74) is 3.48. The van der Waals surface area contributed by atoms with Gasteiger partial charge in [0.05, 0.1) is 5.69 Å². The van der Waals surface area contributed by atoms with Gasteiger partial charge in [0, 0.05) is 23.9 Å². The second kappa shape index (κ2) is 4.53. The zero-order valence-corrected chi connectivity index (χ0v) is 11.0. The van der Waals surface area contributed by atoms with Gasteiger partial charge in [-0.15, -0.1) is 0 Å². The van der Waals surface area contributed by atoms with E-state index in [0.29, 0.717) is 11.1 Å². The van der Waals surface area contributed by atoms with Gasteiger partial charge >= 0.3 is 0 Å². The fraction of sp³-hybridized carbons (Fsp3) is 0.357. The number of aryl methyl sites for hydroxylation is 3. The van der Waals surface area contributed by atoms with E-state index in [2.05, 4.69) is 5.10 Å². The van der Waals surface area contributed by atoms with Gasteiger partial charge in [-0.1, -0.05) is 17.7 Å². The van der Waals surface area contributed by atoms with Crippen molar-refractivity contribution in [3.63, 3.8) is 0 Å². The fourth-order valence-electron chi connectivity index (χ4n) is 2.21. The molecule has 2 rings (SSSR count). The van der Waals surface area contributed by atoms with E-state index < -0.39 is 11.9 Å². The Kier molecular flexibility index (Phi) is 3.22. The quantitative estimate of drug-likeness (QED) is 0.887.